The van der Waals surface area contributed by atoms with E-state index in [4.69, 9.17) is 33.2 Å². The second-order valence-electron chi connectivity index (χ2n) is 11.4. The Balaban J connectivity index is 1.54. The molecule has 0 aromatic carbocycles. The first-order valence-corrected chi connectivity index (χ1v) is 15.2. The molecule has 2 saturated heterocycles. The summed E-state index contributed by atoms with van der Waals surface area (Å²) in [4.78, 5) is 25.2. The van der Waals surface area contributed by atoms with Gasteiger partial charge in [0, 0.05) is 0 Å². The Morgan fingerprint density at radius 3 is 2.23 bits per heavy atom. The van der Waals surface area contributed by atoms with Gasteiger partial charge in [-0.1, -0.05) is 12.2 Å². The Hall–Kier alpha value is -3.04. The average Bonchev–Trinajstić information content (AvgIpc) is 3.09. The molecule has 17 nitrogen and oxygen atoms in total. The van der Waals surface area contributed by atoms with Crippen LogP contribution in [0.4, 0.5) is 0 Å². The SMILES string of the molecule is CC=C1C=C([C@@H](COC(=O)CC2=CCOC=C2)O[C@@H]2O[C@H](CO[C@@H]3O[C@H](CO)[C@@H](O)[C@H](O)[C@H]3O)[C@@H](O)[C@H](O)[C@H]2O)C=C(C(=O)OC)[C@H]1O. The minimum absolute atomic E-state index is 0.113. The van der Waals surface area contributed by atoms with Gasteiger partial charge in [-0.25, -0.2) is 4.79 Å². The number of methoxy groups -OCH3 is 1. The highest BCUT2D eigenvalue weighted by Gasteiger charge is 2.48. The van der Waals surface area contributed by atoms with Gasteiger partial charge < -0.3 is 74.0 Å². The molecule has 0 aromatic heterocycles. The Labute approximate surface area is 275 Å². The third kappa shape index (κ3) is 8.75. The summed E-state index contributed by atoms with van der Waals surface area (Å²) < 4.78 is 37.9. The predicted octanol–water partition coefficient (Wildman–Crippen LogP) is -3.25. The maximum absolute atomic E-state index is 12.7. The first-order valence-electron chi connectivity index (χ1n) is 15.2. The van der Waals surface area contributed by atoms with Crippen molar-refractivity contribution in [1.29, 1.82) is 0 Å². The van der Waals surface area contributed by atoms with Crippen molar-refractivity contribution in [3.8, 4) is 0 Å². The molecular formula is C31H42O17. The smallest absolute Gasteiger partial charge is 0.336 e. The summed E-state index contributed by atoms with van der Waals surface area (Å²) in [5.74, 6) is -1.51. The van der Waals surface area contributed by atoms with Gasteiger partial charge in [0.25, 0.3) is 0 Å². The third-order valence-electron chi connectivity index (χ3n) is 8.20. The molecule has 4 aliphatic rings. The van der Waals surface area contributed by atoms with Crippen LogP contribution in [-0.4, -0.2) is 160 Å². The zero-order valence-electron chi connectivity index (χ0n) is 26.2. The van der Waals surface area contributed by atoms with E-state index in [1.54, 1.807) is 19.1 Å². The molecule has 3 aliphatic heterocycles. The van der Waals surface area contributed by atoms with Crippen molar-refractivity contribution in [1.82, 2.24) is 0 Å². The van der Waals surface area contributed by atoms with Crippen molar-refractivity contribution in [2.24, 2.45) is 0 Å². The maximum Gasteiger partial charge on any atom is 0.336 e. The Morgan fingerprint density at radius 2 is 1.60 bits per heavy atom. The number of carbonyl (C=O) groups excluding carboxylic acids is 2. The Bertz CT molecular complexity index is 1290. The molecule has 4 rings (SSSR count). The molecule has 0 amide bonds. The van der Waals surface area contributed by atoms with E-state index >= 15 is 0 Å². The standard InChI is InChI=1S/C31H42O17/c1-3-15-9-16(10-17(22(15)34)29(41)42-2)19(12-44-21(33)8-14-4-6-43-7-5-14)47-31-28(40)26(38)24(36)20(48-31)13-45-30-27(39)25(37)23(35)18(11-32)46-30/h3-6,9-10,18-20,22-28,30-32,34-40H,7-8,11-13H2,1-2H3/t18-,19-,20-,22+,23-,24-,25+,26+,27-,28-,30-,31-/m1/s1. The lowest BCUT2D eigenvalue weighted by Gasteiger charge is -2.43. The van der Waals surface area contributed by atoms with Crippen LogP contribution in [0.2, 0.25) is 0 Å². The number of carbonyl (C=O) groups is 2. The van der Waals surface area contributed by atoms with E-state index < -0.39 is 105 Å². The summed E-state index contributed by atoms with van der Waals surface area (Å²) in [6, 6.07) is 0. The van der Waals surface area contributed by atoms with Gasteiger partial charge in [0.05, 0.1) is 38.6 Å². The van der Waals surface area contributed by atoms with E-state index in [-0.39, 0.29) is 29.7 Å². The zero-order valence-corrected chi connectivity index (χ0v) is 26.2. The monoisotopic (exact) mass is 686 g/mol. The lowest BCUT2D eigenvalue weighted by atomic mass is 9.89. The molecule has 48 heavy (non-hydrogen) atoms. The topological polar surface area (TPSA) is 261 Å². The van der Waals surface area contributed by atoms with E-state index in [0.717, 1.165) is 7.11 Å². The van der Waals surface area contributed by atoms with Gasteiger partial charge in [0.1, 0.15) is 74.3 Å². The van der Waals surface area contributed by atoms with Gasteiger partial charge >= 0.3 is 11.9 Å². The first-order chi connectivity index (χ1) is 22.9. The lowest BCUT2D eigenvalue weighted by Crippen LogP contribution is -2.62. The first kappa shape index (κ1) is 37.8. The summed E-state index contributed by atoms with van der Waals surface area (Å²) in [5.41, 5.74) is 0.944. The number of allylic oxidation sites excluding steroid dienone is 2. The second-order valence-corrected chi connectivity index (χ2v) is 11.4. The van der Waals surface area contributed by atoms with E-state index in [9.17, 15) is 50.4 Å². The normalized spacial score (nSPS) is 36.8. The van der Waals surface area contributed by atoms with E-state index in [0.29, 0.717) is 5.57 Å². The highest BCUT2D eigenvalue weighted by Crippen LogP contribution is 2.31. The maximum atomic E-state index is 12.7. The van der Waals surface area contributed by atoms with Crippen LogP contribution in [0, 0.1) is 0 Å². The van der Waals surface area contributed by atoms with Gasteiger partial charge in [0.15, 0.2) is 12.6 Å². The molecule has 0 aromatic rings. The van der Waals surface area contributed by atoms with Crippen molar-refractivity contribution in [3.63, 3.8) is 0 Å². The Kier molecular flexibility index (Phi) is 13.4. The van der Waals surface area contributed by atoms with Crippen LogP contribution < -0.4 is 0 Å². The van der Waals surface area contributed by atoms with Crippen molar-refractivity contribution in [2.45, 2.75) is 87.0 Å². The van der Waals surface area contributed by atoms with Crippen LogP contribution in [0.15, 0.2) is 58.9 Å². The highest BCUT2D eigenvalue weighted by molar-refractivity contribution is 5.91. The summed E-state index contributed by atoms with van der Waals surface area (Å²) >= 11 is 0. The number of hydrogen-bond acceptors (Lipinski definition) is 17. The van der Waals surface area contributed by atoms with Crippen LogP contribution in [-0.2, 0) is 42.7 Å². The summed E-state index contributed by atoms with van der Waals surface area (Å²) in [6.07, 6.45) is -10.4. The van der Waals surface area contributed by atoms with Crippen LogP contribution in [0.1, 0.15) is 13.3 Å². The number of ether oxygens (including phenoxy) is 7. The number of hydrogen-bond donors (Lipinski definition) is 8. The number of rotatable bonds is 12. The fourth-order valence-corrected chi connectivity index (χ4v) is 5.34. The molecule has 3 heterocycles. The third-order valence-corrected chi connectivity index (χ3v) is 8.20. The molecule has 0 radical (unpaired) electrons. The lowest BCUT2D eigenvalue weighted by molar-refractivity contribution is -0.335. The minimum Gasteiger partial charge on any atom is -0.497 e. The van der Waals surface area contributed by atoms with Crippen molar-refractivity contribution < 1.29 is 83.6 Å². The number of esters is 2. The zero-order chi connectivity index (χ0) is 35.1. The largest absolute Gasteiger partial charge is 0.497 e. The van der Waals surface area contributed by atoms with E-state index in [1.165, 1.54) is 24.5 Å². The molecular weight excluding hydrogens is 644 g/mol. The molecule has 8 N–H and O–H groups in total. The molecule has 0 saturated carbocycles. The number of aliphatic hydroxyl groups excluding tert-OH is 8. The highest BCUT2D eigenvalue weighted by atomic mass is 16.7. The Morgan fingerprint density at radius 1 is 0.938 bits per heavy atom. The number of aliphatic hydroxyl groups is 8. The predicted molar refractivity (Wildman–Crippen MR) is 158 cm³/mol. The molecule has 0 bridgehead atoms. The van der Waals surface area contributed by atoms with E-state index in [1.807, 2.05) is 0 Å². The second kappa shape index (κ2) is 17.1. The summed E-state index contributed by atoms with van der Waals surface area (Å²) in [6.45, 7) is 0.0805. The van der Waals surface area contributed by atoms with Crippen molar-refractivity contribution in [3.05, 3.63) is 58.9 Å². The minimum atomic E-state index is -1.86. The van der Waals surface area contributed by atoms with E-state index in [2.05, 4.69) is 0 Å². The average molecular weight is 687 g/mol. The fourth-order valence-electron chi connectivity index (χ4n) is 5.34. The molecule has 1 aliphatic carbocycles. The van der Waals surface area contributed by atoms with Crippen LogP contribution in [0.5, 0.6) is 0 Å². The van der Waals surface area contributed by atoms with Crippen LogP contribution in [0.3, 0.4) is 0 Å². The van der Waals surface area contributed by atoms with Crippen LogP contribution in [0.25, 0.3) is 0 Å². The van der Waals surface area contributed by atoms with Crippen LogP contribution >= 0.6 is 0 Å². The summed E-state index contributed by atoms with van der Waals surface area (Å²) in [5, 5.41) is 82.6. The van der Waals surface area contributed by atoms with Gasteiger partial charge in [0.2, 0.25) is 0 Å². The van der Waals surface area contributed by atoms with Gasteiger partial charge in [-0.3, -0.25) is 4.79 Å². The molecule has 17 heteroatoms. The molecule has 0 spiro atoms. The molecule has 12 atom stereocenters. The quantitative estimate of drug-likeness (QED) is 0.0937. The molecule has 2 fully saturated rings. The van der Waals surface area contributed by atoms with Gasteiger partial charge in [-0.2, -0.15) is 0 Å². The molecule has 268 valence electrons. The fraction of sp³-hybridized carbons (Fsp3) is 0.613. The summed E-state index contributed by atoms with van der Waals surface area (Å²) in [7, 11) is 1.13. The van der Waals surface area contributed by atoms with Gasteiger partial charge in [-0.15, -0.1) is 0 Å². The van der Waals surface area contributed by atoms with Gasteiger partial charge in [-0.05, 0) is 41.9 Å². The van der Waals surface area contributed by atoms with Crippen molar-refractivity contribution in [2.75, 3.05) is 33.5 Å². The van der Waals surface area contributed by atoms with Crippen molar-refractivity contribution >= 4 is 11.9 Å². The molecule has 0 unspecified atom stereocenters.